The highest BCUT2D eigenvalue weighted by molar-refractivity contribution is 6.35. The van der Waals surface area contributed by atoms with E-state index in [1.165, 1.54) is 19.4 Å². The first kappa shape index (κ1) is 13.0. The van der Waals surface area contributed by atoms with E-state index in [2.05, 4.69) is 17.3 Å². The second-order valence-electron chi connectivity index (χ2n) is 4.70. The van der Waals surface area contributed by atoms with Gasteiger partial charge in [-0.05, 0) is 57.6 Å². The number of nitrogens with one attached hydrogen (secondary N) is 1. The first-order chi connectivity index (χ1) is 8.15. The molecule has 1 heterocycles. The highest BCUT2D eigenvalue weighted by atomic mass is 35.5. The van der Waals surface area contributed by atoms with Crippen LogP contribution in [0.3, 0.4) is 0 Å². The largest absolute Gasteiger partial charge is 0.381 e. The lowest BCUT2D eigenvalue weighted by Gasteiger charge is -2.19. The second-order valence-corrected chi connectivity index (χ2v) is 5.54. The Hall–Kier alpha value is -0.440. The lowest BCUT2D eigenvalue weighted by atomic mass is 10.1. The van der Waals surface area contributed by atoms with E-state index in [1.54, 1.807) is 0 Å². The maximum atomic E-state index is 6.15. The Bertz CT molecular complexity index is 382. The zero-order chi connectivity index (χ0) is 12.3. The molecule has 1 unspecified atom stereocenters. The summed E-state index contributed by atoms with van der Waals surface area (Å²) in [4.78, 5) is 2.38. The van der Waals surface area contributed by atoms with Crippen LogP contribution in [0.1, 0.15) is 19.3 Å². The summed E-state index contributed by atoms with van der Waals surface area (Å²) in [6.45, 7) is 2.32. The van der Waals surface area contributed by atoms with Crippen LogP contribution < -0.4 is 5.32 Å². The first-order valence-corrected chi connectivity index (χ1v) is 6.81. The molecule has 1 aromatic carbocycles. The molecule has 0 amide bonds. The highest BCUT2D eigenvalue weighted by Crippen LogP contribution is 2.27. The summed E-state index contributed by atoms with van der Waals surface area (Å²) in [5, 5.41) is 4.97. The number of halogens is 2. The Labute approximate surface area is 113 Å². The SMILES string of the molecule is CN1CCCC(Nc2cc(Cl)ccc2Cl)CC1. The monoisotopic (exact) mass is 272 g/mol. The van der Waals surface area contributed by atoms with Gasteiger partial charge in [-0.2, -0.15) is 0 Å². The van der Waals surface area contributed by atoms with Crippen LogP contribution in [0.2, 0.25) is 10.0 Å². The van der Waals surface area contributed by atoms with Gasteiger partial charge in [0.15, 0.2) is 0 Å². The normalized spacial score (nSPS) is 22.2. The van der Waals surface area contributed by atoms with E-state index < -0.39 is 0 Å². The Morgan fingerprint density at radius 3 is 2.88 bits per heavy atom. The molecule has 1 atom stereocenters. The zero-order valence-corrected chi connectivity index (χ0v) is 11.6. The van der Waals surface area contributed by atoms with Crippen LogP contribution in [0, 0.1) is 0 Å². The average Bonchev–Trinajstić information content (AvgIpc) is 2.49. The third-order valence-corrected chi connectivity index (χ3v) is 3.80. The molecule has 17 heavy (non-hydrogen) atoms. The highest BCUT2D eigenvalue weighted by Gasteiger charge is 2.15. The van der Waals surface area contributed by atoms with Gasteiger partial charge in [-0.1, -0.05) is 23.2 Å². The van der Waals surface area contributed by atoms with Gasteiger partial charge in [0.25, 0.3) is 0 Å². The van der Waals surface area contributed by atoms with Crippen LogP contribution in [0.15, 0.2) is 18.2 Å². The molecule has 1 aliphatic rings. The fourth-order valence-corrected chi connectivity index (χ4v) is 2.56. The minimum Gasteiger partial charge on any atom is -0.381 e. The predicted octanol–water partition coefficient (Wildman–Crippen LogP) is 3.89. The fraction of sp³-hybridized carbons (Fsp3) is 0.538. The van der Waals surface area contributed by atoms with E-state index in [1.807, 2.05) is 18.2 Å². The number of rotatable bonds is 2. The summed E-state index contributed by atoms with van der Waals surface area (Å²) in [6, 6.07) is 6.06. The molecule has 2 nitrogen and oxygen atoms in total. The summed E-state index contributed by atoms with van der Waals surface area (Å²) in [6.07, 6.45) is 3.57. The summed E-state index contributed by atoms with van der Waals surface area (Å²) in [5.74, 6) is 0. The van der Waals surface area contributed by atoms with Crippen LogP contribution in [0.5, 0.6) is 0 Å². The molecule has 1 fully saturated rings. The molecule has 0 spiro atoms. The van der Waals surface area contributed by atoms with Crippen LogP contribution in [0.25, 0.3) is 0 Å². The van der Waals surface area contributed by atoms with Crippen molar-refractivity contribution in [2.75, 3.05) is 25.5 Å². The molecule has 0 aliphatic carbocycles. The summed E-state index contributed by atoms with van der Waals surface area (Å²) in [5.41, 5.74) is 0.953. The van der Waals surface area contributed by atoms with Gasteiger partial charge in [-0.15, -0.1) is 0 Å². The van der Waals surface area contributed by atoms with E-state index in [9.17, 15) is 0 Å². The number of anilines is 1. The van der Waals surface area contributed by atoms with Crippen molar-refractivity contribution >= 4 is 28.9 Å². The minimum atomic E-state index is 0.496. The van der Waals surface area contributed by atoms with Gasteiger partial charge in [-0.25, -0.2) is 0 Å². The standard InChI is InChI=1S/C13H18Cl2N2/c1-17-7-2-3-11(6-8-17)16-13-9-10(14)4-5-12(13)15/h4-5,9,11,16H,2-3,6-8H2,1H3. The molecule has 1 saturated heterocycles. The van der Waals surface area contributed by atoms with Gasteiger partial charge in [0.2, 0.25) is 0 Å². The lowest BCUT2D eigenvalue weighted by molar-refractivity contribution is 0.348. The summed E-state index contributed by atoms with van der Waals surface area (Å²) < 4.78 is 0. The van der Waals surface area contributed by atoms with Gasteiger partial charge >= 0.3 is 0 Å². The molecule has 94 valence electrons. The van der Waals surface area contributed by atoms with E-state index in [-0.39, 0.29) is 0 Å². The Morgan fingerprint density at radius 1 is 1.24 bits per heavy atom. The van der Waals surface area contributed by atoms with Crippen LogP contribution in [-0.2, 0) is 0 Å². The topological polar surface area (TPSA) is 15.3 Å². The van der Waals surface area contributed by atoms with Crippen molar-refractivity contribution in [1.29, 1.82) is 0 Å². The van der Waals surface area contributed by atoms with E-state index in [4.69, 9.17) is 23.2 Å². The third kappa shape index (κ3) is 3.77. The first-order valence-electron chi connectivity index (χ1n) is 6.05. The summed E-state index contributed by atoms with van der Waals surface area (Å²) in [7, 11) is 2.18. The summed E-state index contributed by atoms with van der Waals surface area (Å²) >= 11 is 12.1. The van der Waals surface area contributed by atoms with Crippen molar-refractivity contribution in [2.24, 2.45) is 0 Å². The average molecular weight is 273 g/mol. The van der Waals surface area contributed by atoms with Gasteiger partial charge < -0.3 is 10.2 Å². The number of likely N-dealkylation sites (tertiary alicyclic amines) is 1. The number of benzene rings is 1. The van der Waals surface area contributed by atoms with Crippen LogP contribution in [0.4, 0.5) is 5.69 Å². The van der Waals surface area contributed by atoms with Crippen molar-refractivity contribution < 1.29 is 0 Å². The van der Waals surface area contributed by atoms with Gasteiger partial charge in [0, 0.05) is 11.1 Å². The molecule has 0 saturated carbocycles. The Kier molecular flexibility index (Phi) is 4.55. The number of nitrogens with zero attached hydrogens (tertiary/aromatic N) is 1. The number of hydrogen-bond donors (Lipinski definition) is 1. The molecular weight excluding hydrogens is 255 g/mol. The second kappa shape index (κ2) is 5.94. The molecule has 2 rings (SSSR count). The van der Waals surface area contributed by atoms with Crippen LogP contribution >= 0.6 is 23.2 Å². The van der Waals surface area contributed by atoms with Gasteiger partial charge in [-0.3, -0.25) is 0 Å². The molecule has 1 aromatic rings. The van der Waals surface area contributed by atoms with Crippen molar-refractivity contribution in [3.05, 3.63) is 28.2 Å². The van der Waals surface area contributed by atoms with Crippen molar-refractivity contribution in [3.8, 4) is 0 Å². The quantitative estimate of drug-likeness (QED) is 0.879. The van der Waals surface area contributed by atoms with Crippen LogP contribution in [-0.4, -0.2) is 31.1 Å². The van der Waals surface area contributed by atoms with Crippen molar-refractivity contribution in [1.82, 2.24) is 4.90 Å². The predicted molar refractivity (Wildman–Crippen MR) is 75.2 cm³/mol. The van der Waals surface area contributed by atoms with E-state index in [0.29, 0.717) is 6.04 Å². The van der Waals surface area contributed by atoms with E-state index >= 15 is 0 Å². The lowest BCUT2D eigenvalue weighted by Crippen LogP contribution is -2.23. The van der Waals surface area contributed by atoms with Gasteiger partial charge in [0.05, 0.1) is 10.7 Å². The Balaban J connectivity index is 2.02. The maximum Gasteiger partial charge on any atom is 0.0638 e. The molecule has 0 aromatic heterocycles. The van der Waals surface area contributed by atoms with Gasteiger partial charge in [0.1, 0.15) is 0 Å². The fourth-order valence-electron chi connectivity index (χ4n) is 2.21. The zero-order valence-electron chi connectivity index (χ0n) is 10.0. The number of hydrogen-bond acceptors (Lipinski definition) is 2. The minimum absolute atomic E-state index is 0.496. The van der Waals surface area contributed by atoms with Crippen molar-refractivity contribution in [2.45, 2.75) is 25.3 Å². The van der Waals surface area contributed by atoms with E-state index in [0.717, 1.165) is 28.7 Å². The maximum absolute atomic E-state index is 6.15. The molecule has 0 radical (unpaired) electrons. The molecule has 4 heteroatoms. The molecule has 1 N–H and O–H groups in total. The molecule has 0 bridgehead atoms. The Morgan fingerprint density at radius 2 is 2.06 bits per heavy atom. The molecular formula is C13H18Cl2N2. The molecule has 1 aliphatic heterocycles. The smallest absolute Gasteiger partial charge is 0.0638 e. The van der Waals surface area contributed by atoms with Crippen molar-refractivity contribution in [3.63, 3.8) is 0 Å². The third-order valence-electron chi connectivity index (χ3n) is 3.24.